The minimum atomic E-state index is 0. The van der Waals surface area contributed by atoms with Gasteiger partial charge in [0.25, 0.3) is 0 Å². The summed E-state index contributed by atoms with van der Waals surface area (Å²) in [5.41, 5.74) is 8.24. The number of nitrogens with zero attached hydrogens (tertiary/aromatic N) is 4. The zero-order chi connectivity index (χ0) is 21.4. The van der Waals surface area contributed by atoms with Crippen LogP contribution in [0.4, 0.5) is 5.82 Å². The van der Waals surface area contributed by atoms with Crippen LogP contribution in [0.5, 0.6) is 0 Å². The van der Waals surface area contributed by atoms with Crippen molar-refractivity contribution < 1.29 is 0 Å². The number of hydrogen-bond donors (Lipinski definition) is 3. The first kappa shape index (κ1) is 25.3. The number of nitrogens with two attached hydrogens (primary N) is 1. The maximum atomic E-state index is 9.54. The monoisotopic (exact) mass is 553 g/mol. The molecule has 4 N–H and O–H groups in total. The van der Waals surface area contributed by atoms with Gasteiger partial charge in [-0.3, -0.25) is 4.99 Å². The molecule has 1 aliphatic heterocycles. The highest BCUT2D eigenvalue weighted by Crippen LogP contribution is 2.37. The van der Waals surface area contributed by atoms with Gasteiger partial charge in [-0.1, -0.05) is 18.2 Å². The predicted octanol–water partition coefficient (Wildman–Crippen LogP) is 3.72. The Labute approximate surface area is 206 Å². The van der Waals surface area contributed by atoms with Gasteiger partial charge in [0.2, 0.25) is 0 Å². The molecular formula is C22H32IN7S. The Morgan fingerprint density at radius 3 is 2.77 bits per heavy atom. The van der Waals surface area contributed by atoms with Crippen molar-refractivity contribution in [2.24, 2.45) is 4.99 Å². The number of para-hydroxylation sites is 1. The summed E-state index contributed by atoms with van der Waals surface area (Å²) in [5.74, 6) is 2.47. The molecule has 9 heteroatoms. The molecule has 0 amide bonds. The molecule has 7 nitrogen and oxygen atoms in total. The van der Waals surface area contributed by atoms with Gasteiger partial charge in [0.1, 0.15) is 17.5 Å². The third-order valence-electron chi connectivity index (χ3n) is 5.21. The molecule has 2 heterocycles. The summed E-state index contributed by atoms with van der Waals surface area (Å²) in [6.45, 7) is 6.77. The van der Waals surface area contributed by atoms with E-state index in [4.69, 9.17) is 10.7 Å². The lowest BCUT2D eigenvalue weighted by molar-refractivity contribution is 0.613. The number of benzene rings is 1. The SMILES string of the molecule is CCNC(=NCC1(C)CCCS1)NCCCc1nn(-c2ccccc2)c(N)c1C#N.I. The van der Waals surface area contributed by atoms with E-state index in [-0.39, 0.29) is 28.7 Å². The maximum absolute atomic E-state index is 9.54. The molecule has 1 atom stereocenters. The highest BCUT2D eigenvalue weighted by Gasteiger charge is 2.29. The van der Waals surface area contributed by atoms with E-state index in [1.807, 2.05) is 42.1 Å². The number of thioether (sulfide) groups is 1. The first-order chi connectivity index (χ1) is 14.6. The molecule has 1 unspecified atom stereocenters. The zero-order valence-electron chi connectivity index (χ0n) is 18.2. The smallest absolute Gasteiger partial charge is 0.191 e. The highest BCUT2D eigenvalue weighted by atomic mass is 127. The van der Waals surface area contributed by atoms with Crippen molar-refractivity contribution in [3.05, 3.63) is 41.6 Å². The number of nitriles is 1. The summed E-state index contributed by atoms with van der Waals surface area (Å²) < 4.78 is 1.90. The Balaban J connectivity index is 0.00000341. The van der Waals surface area contributed by atoms with Gasteiger partial charge in [-0.2, -0.15) is 22.1 Å². The van der Waals surface area contributed by atoms with Crippen molar-refractivity contribution in [1.82, 2.24) is 20.4 Å². The van der Waals surface area contributed by atoms with Crippen LogP contribution in [0.25, 0.3) is 5.69 Å². The van der Waals surface area contributed by atoms with Crippen LogP contribution in [-0.2, 0) is 6.42 Å². The summed E-state index contributed by atoms with van der Waals surface area (Å²) in [7, 11) is 0. The Morgan fingerprint density at radius 1 is 1.35 bits per heavy atom. The number of aryl methyl sites for hydroxylation is 1. The number of anilines is 1. The van der Waals surface area contributed by atoms with Gasteiger partial charge in [0.15, 0.2) is 5.96 Å². The lowest BCUT2D eigenvalue weighted by Gasteiger charge is -2.21. The molecule has 1 aliphatic rings. The number of aliphatic imine (C=N–C) groups is 1. The van der Waals surface area contributed by atoms with Crippen LogP contribution < -0.4 is 16.4 Å². The van der Waals surface area contributed by atoms with Crippen LogP contribution in [0, 0.1) is 11.3 Å². The Morgan fingerprint density at radius 2 is 2.13 bits per heavy atom. The van der Waals surface area contributed by atoms with Gasteiger partial charge in [-0.15, -0.1) is 24.0 Å². The maximum Gasteiger partial charge on any atom is 0.191 e. The Bertz CT molecular complexity index is 899. The largest absolute Gasteiger partial charge is 0.382 e. The van der Waals surface area contributed by atoms with Gasteiger partial charge in [-0.25, -0.2) is 4.68 Å². The van der Waals surface area contributed by atoms with Crippen molar-refractivity contribution in [3.63, 3.8) is 0 Å². The Hall–Kier alpha value is -1.93. The average molecular weight is 554 g/mol. The fourth-order valence-electron chi connectivity index (χ4n) is 3.55. The van der Waals surface area contributed by atoms with Crippen molar-refractivity contribution in [1.29, 1.82) is 5.26 Å². The van der Waals surface area contributed by atoms with Crippen LogP contribution in [0.3, 0.4) is 0 Å². The van der Waals surface area contributed by atoms with Gasteiger partial charge in [0, 0.05) is 17.8 Å². The number of rotatable bonds is 8. The topological polar surface area (TPSA) is 104 Å². The third-order valence-corrected chi connectivity index (χ3v) is 6.73. The van der Waals surface area contributed by atoms with Crippen LogP contribution >= 0.6 is 35.7 Å². The number of aromatic nitrogens is 2. The first-order valence-corrected chi connectivity index (χ1v) is 11.5. The van der Waals surface area contributed by atoms with Crippen molar-refractivity contribution >= 4 is 47.5 Å². The normalized spacial score (nSPS) is 18.3. The summed E-state index contributed by atoms with van der Waals surface area (Å²) >= 11 is 2.02. The molecule has 1 fully saturated rings. The van der Waals surface area contributed by atoms with Crippen molar-refractivity contribution in [2.45, 2.75) is 44.3 Å². The number of guanidine groups is 1. The number of nitrogen functional groups attached to an aromatic ring is 1. The van der Waals surface area contributed by atoms with Crippen LogP contribution in [0.2, 0.25) is 0 Å². The molecule has 1 saturated heterocycles. The quantitative estimate of drug-likeness (QED) is 0.199. The van der Waals surface area contributed by atoms with E-state index in [2.05, 4.69) is 35.6 Å². The molecule has 1 aromatic heterocycles. The summed E-state index contributed by atoms with van der Waals surface area (Å²) in [6.07, 6.45) is 4.01. The summed E-state index contributed by atoms with van der Waals surface area (Å²) in [5, 5.41) is 20.9. The average Bonchev–Trinajstić information content (AvgIpc) is 3.33. The number of hydrogen-bond acceptors (Lipinski definition) is 5. The molecule has 0 bridgehead atoms. The van der Waals surface area contributed by atoms with Gasteiger partial charge in [0.05, 0.1) is 17.9 Å². The molecular weight excluding hydrogens is 521 g/mol. The van der Waals surface area contributed by atoms with Gasteiger partial charge in [-0.05, 0) is 57.4 Å². The van der Waals surface area contributed by atoms with E-state index >= 15 is 0 Å². The molecule has 0 spiro atoms. The molecule has 0 aliphatic carbocycles. The molecule has 3 rings (SSSR count). The van der Waals surface area contributed by atoms with E-state index in [0.29, 0.717) is 17.8 Å². The fraction of sp³-hybridized carbons (Fsp3) is 0.500. The standard InChI is InChI=1S/C22H31N7S.HI/c1-3-25-21(27-16-22(2)12-8-14-30-22)26-13-7-11-19-18(15-23)20(24)29(28-19)17-9-5-4-6-10-17;/h4-6,9-10H,3,7-8,11-14,16,24H2,1-2H3,(H2,25,26,27);1H. The number of nitrogens with one attached hydrogen (secondary N) is 2. The molecule has 1 aromatic carbocycles. The second kappa shape index (κ2) is 12.2. The van der Waals surface area contributed by atoms with Crippen molar-refractivity contribution in [3.8, 4) is 11.8 Å². The summed E-state index contributed by atoms with van der Waals surface area (Å²) in [6, 6.07) is 11.9. The lowest BCUT2D eigenvalue weighted by Crippen LogP contribution is -2.39. The van der Waals surface area contributed by atoms with E-state index < -0.39 is 0 Å². The van der Waals surface area contributed by atoms with Gasteiger partial charge < -0.3 is 16.4 Å². The van der Waals surface area contributed by atoms with E-state index in [0.717, 1.165) is 43.4 Å². The molecule has 0 saturated carbocycles. The zero-order valence-corrected chi connectivity index (χ0v) is 21.4. The minimum Gasteiger partial charge on any atom is -0.382 e. The third kappa shape index (κ3) is 6.77. The van der Waals surface area contributed by atoms with Crippen molar-refractivity contribution in [2.75, 3.05) is 31.1 Å². The fourth-order valence-corrected chi connectivity index (χ4v) is 4.78. The van der Waals surface area contributed by atoms with E-state index in [9.17, 15) is 5.26 Å². The van der Waals surface area contributed by atoms with Crippen LogP contribution in [0.1, 0.15) is 44.4 Å². The molecule has 168 valence electrons. The molecule has 2 aromatic rings. The second-order valence-electron chi connectivity index (χ2n) is 7.69. The van der Waals surface area contributed by atoms with E-state index in [1.54, 1.807) is 4.68 Å². The Kier molecular flexibility index (Phi) is 9.96. The van der Waals surface area contributed by atoms with Crippen LogP contribution in [-0.4, -0.2) is 45.9 Å². The lowest BCUT2D eigenvalue weighted by atomic mass is 10.1. The first-order valence-electron chi connectivity index (χ1n) is 10.6. The minimum absolute atomic E-state index is 0. The van der Waals surface area contributed by atoms with E-state index in [1.165, 1.54) is 18.6 Å². The summed E-state index contributed by atoms with van der Waals surface area (Å²) in [4.78, 5) is 4.78. The van der Waals surface area contributed by atoms with Gasteiger partial charge >= 0.3 is 0 Å². The highest BCUT2D eigenvalue weighted by molar-refractivity contribution is 14.0. The predicted molar refractivity (Wildman–Crippen MR) is 141 cm³/mol. The molecule has 31 heavy (non-hydrogen) atoms. The number of halogens is 1. The molecule has 0 radical (unpaired) electrons. The second-order valence-corrected chi connectivity index (χ2v) is 9.38. The van der Waals surface area contributed by atoms with Crippen LogP contribution in [0.15, 0.2) is 35.3 Å².